The first kappa shape index (κ1) is 10.8. The largest absolute Gasteiger partial charge is 0.454 e. The number of para-hydroxylation sites is 1. The Hall–Kier alpha value is -2.13. The van der Waals surface area contributed by atoms with Crippen molar-refractivity contribution in [1.29, 1.82) is 0 Å². The second kappa shape index (κ2) is 3.45. The van der Waals surface area contributed by atoms with Gasteiger partial charge in [-0.2, -0.15) is 0 Å². The van der Waals surface area contributed by atoms with Crippen molar-refractivity contribution in [2.75, 3.05) is 0 Å². The van der Waals surface area contributed by atoms with Crippen molar-refractivity contribution in [2.24, 2.45) is 0 Å². The van der Waals surface area contributed by atoms with Crippen molar-refractivity contribution in [3.63, 3.8) is 0 Å². The van der Waals surface area contributed by atoms with Gasteiger partial charge in [0, 0.05) is 5.56 Å². The van der Waals surface area contributed by atoms with Crippen LogP contribution in [0.1, 0.15) is 21.5 Å². The van der Waals surface area contributed by atoms with Crippen molar-refractivity contribution in [1.82, 2.24) is 0 Å². The Morgan fingerprint density at radius 1 is 1.05 bits per heavy atom. The van der Waals surface area contributed by atoms with Crippen molar-refractivity contribution in [3.05, 3.63) is 65.2 Å². The third-order valence-electron chi connectivity index (χ3n) is 3.69. The van der Waals surface area contributed by atoms with Gasteiger partial charge in [-0.1, -0.05) is 42.0 Å². The molecule has 0 N–H and O–H groups in total. The predicted octanol–water partition coefficient (Wildman–Crippen LogP) is 2.82. The molecule has 2 unspecified atom stereocenters. The molecule has 0 saturated carbocycles. The zero-order valence-corrected chi connectivity index (χ0v) is 10.4. The normalized spacial score (nSPS) is 27.2. The number of Topliss-reactive ketones (excluding diaryl/α,β-unsaturated/α-hetero) is 1. The lowest BCUT2D eigenvalue weighted by Gasteiger charge is -2.21. The second-order valence-electron chi connectivity index (χ2n) is 4.99. The lowest BCUT2D eigenvalue weighted by Crippen LogP contribution is -2.30. The van der Waals surface area contributed by atoms with Crippen molar-refractivity contribution in [2.45, 2.75) is 18.8 Å². The number of aryl methyl sites for hydroxylation is 1. The Balaban J connectivity index is 1.81. The molecule has 2 aliphatic heterocycles. The van der Waals surface area contributed by atoms with Crippen molar-refractivity contribution < 1.29 is 14.3 Å². The highest BCUT2D eigenvalue weighted by Gasteiger charge is 2.67. The molecule has 1 fully saturated rings. The predicted molar refractivity (Wildman–Crippen MR) is 69.1 cm³/mol. The van der Waals surface area contributed by atoms with Crippen LogP contribution in [-0.2, 0) is 10.5 Å². The topological polar surface area (TPSA) is 38.8 Å². The van der Waals surface area contributed by atoms with Crippen LogP contribution in [0.5, 0.6) is 5.75 Å². The van der Waals surface area contributed by atoms with Gasteiger partial charge < -0.3 is 9.47 Å². The number of epoxide rings is 1. The number of hydrogen-bond donors (Lipinski definition) is 0. The lowest BCUT2D eigenvalue weighted by atomic mass is 9.96. The van der Waals surface area contributed by atoms with E-state index in [0.29, 0.717) is 11.3 Å². The Morgan fingerprint density at radius 2 is 1.79 bits per heavy atom. The minimum absolute atomic E-state index is 0.00225. The molecular weight excluding hydrogens is 240 g/mol. The summed E-state index contributed by atoms with van der Waals surface area (Å²) in [6, 6.07) is 15.2. The first-order chi connectivity index (χ1) is 9.21. The molecule has 2 aromatic carbocycles. The van der Waals surface area contributed by atoms with E-state index in [2.05, 4.69) is 0 Å². The Labute approximate surface area is 110 Å². The summed E-state index contributed by atoms with van der Waals surface area (Å²) < 4.78 is 11.6. The van der Waals surface area contributed by atoms with Crippen LogP contribution >= 0.6 is 0 Å². The minimum Gasteiger partial charge on any atom is -0.454 e. The molecular formula is C16H12O3. The summed E-state index contributed by atoms with van der Waals surface area (Å²) in [5.41, 5.74) is 2.67. The van der Waals surface area contributed by atoms with E-state index in [-0.39, 0.29) is 5.78 Å². The molecule has 3 heteroatoms. The zero-order valence-electron chi connectivity index (χ0n) is 10.4. The van der Waals surface area contributed by atoms with Gasteiger partial charge in [-0.25, -0.2) is 0 Å². The van der Waals surface area contributed by atoms with Gasteiger partial charge in [-0.15, -0.1) is 0 Å². The Bertz CT molecular complexity index is 675. The van der Waals surface area contributed by atoms with Crippen LogP contribution in [0.4, 0.5) is 0 Å². The standard InChI is InChI=1S/C16H12O3/c1-10-6-8-11(9-7-10)16-15(19-16)14(17)12-4-2-3-5-13(12)18-16/h2-9,15H,1H3. The van der Waals surface area contributed by atoms with Gasteiger partial charge in [0.1, 0.15) is 5.75 Å². The van der Waals surface area contributed by atoms with Gasteiger partial charge in [-0.3, -0.25) is 4.79 Å². The average Bonchev–Trinajstić information content (AvgIpc) is 3.16. The van der Waals surface area contributed by atoms with E-state index >= 15 is 0 Å². The molecule has 2 atom stereocenters. The number of ether oxygens (including phenoxy) is 2. The maximum absolute atomic E-state index is 12.3. The number of benzene rings is 2. The fourth-order valence-electron chi connectivity index (χ4n) is 2.57. The highest BCUT2D eigenvalue weighted by atomic mass is 16.8. The molecule has 0 amide bonds. The highest BCUT2D eigenvalue weighted by Crippen LogP contribution is 2.53. The van der Waals surface area contributed by atoms with Crippen LogP contribution in [0, 0.1) is 6.92 Å². The highest BCUT2D eigenvalue weighted by molar-refractivity contribution is 6.05. The summed E-state index contributed by atoms with van der Waals surface area (Å²) >= 11 is 0. The fourth-order valence-corrected chi connectivity index (χ4v) is 2.57. The van der Waals surface area contributed by atoms with Crippen molar-refractivity contribution in [3.8, 4) is 5.75 Å². The fraction of sp³-hybridized carbons (Fsp3) is 0.188. The summed E-state index contributed by atoms with van der Waals surface area (Å²) in [6.45, 7) is 2.02. The SMILES string of the molecule is Cc1ccc(C23Oc4ccccc4C(=O)C2O3)cc1. The molecule has 1 saturated heterocycles. The summed E-state index contributed by atoms with van der Waals surface area (Å²) in [6.07, 6.45) is -0.509. The second-order valence-corrected chi connectivity index (χ2v) is 4.99. The van der Waals surface area contributed by atoms with Gasteiger partial charge >= 0.3 is 0 Å². The van der Waals surface area contributed by atoms with E-state index in [1.54, 1.807) is 12.1 Å². The number of fused-ring (bicyclic) bond motifs is 2. The lowest BCUT2D eigenvalue weighted by molar-refractivity contribution is 0.0571. The van der Waals surface area contributed by atoms with E-state index in [4.69, 9.17) is 9.47 Å². The number of carbonyl (C=O) groups excluding carboxylic acids is 1. The van der Waals surface area contributed by atoms with Crippen LogP contribution in [0.15, 0.2) is 48.5 Å². The summed E-state index contributed by atoms with van der Waals surface area (Å²) in [7, 11) is 0. The van der Waals surface area contributed by atoms with Gasteiger partial charge in [-0.05, 0) is 19.1 Å². The maximum Gasteiger partial charge on any atom is 0.272 e. The molecule has 2 heterocycles. The average molecular weight is 252 g/mol. The van der Waals surface area contributed by atoms with E-state index in [0.717, 1.165) is 5.56 Å². The maximum atomic E-state index is 12.3. The number of hydrogen-bond acceptors (Lipinski definition) is 3. The molecule has 0 aliphatic carbocycles. The molecule has 0 aromatic heterocycles. The third kappa shape index (κ3) is 1.39. The van der Waals surface area contributed by atoms with Crippen LogP contribution in [0.3, 0.4) is 0 Å². The van der Waals surface area contributed by atoms with Gasteiger partial charge in [0.25, 0.3) is 5.79 Å². The molecule has 94 valence electrons. The number of carbonyl (C=O) groups is 1. The van der Waals surface area contributed by atoms with Gasteiger partial charge in [0.05, 0.1) is 5.56 Å². The molecule has 19 heavy (non-hydrogen) atoms. The summed E-state index contributed by atoms with van der Waals surface area (Å²) in [5.74, 6) is -0.302. The van der Waals surface area contributed by atoms with Crippen LogP contribution < -0.4 is 4.74 Å². The third-order valence-corrected chi connectivity index (χ3v) is 3.69. The summed E-state index contributed by atoms with van der Waals surface area (Å²) in [5, 5.41) is 0. The molecule has 0 bridgehead atoms. The quantitative estimate of drug-likeness (QED) is 0.732. The molecule has 2 aromatic rings. The molecule has 3 nitrogen and oxygen atoms in total. The molecule has 0 spiro atoms. The van der Waals surface area contributed by atoms with Crippen LogP contribution in [0.2, 0.25) is 0 Å². The van der Waals surface area contributed by atoms with E-state index < -0.39 is 11.9 Å². The monoisotopic (exact) mass is 252 g/mol. The first-order valence-electron chi connectivity index (χ1n) is 6.28. The van der Waals surface area contributed by atoms with E-state index in [1.807, 2.05) is 43.3 Å². The van der Waals surface area contributed by atoms with Gasteiger partial charge in [0.15, 0.2) is 6.10 Å². The Kier molecular flexibility index (Phi) is 1.96. The minimum atomic E-state index is -0.904. The van der Waals surface area contributed by atoms with Crippen LogP contribution in [0.25, 0.3) is 0 Å². The summed E-state index contributed by atoms with van der Waals surface area (Å²) in [4.78, 5) is 12.3. The van der Waals surface area contributed by atoms with Crippen LogP contribution in [-0.4, -0.2) is 11.9 Å². The van der Waals surface area contributed by atoms with Crippen molar-refractivity contribution >= 4 is 5.78 Å². The molecule has 0 radical (unpaired) electrons. The van der Waals surface area contributed by atoms with E-state index in [1.165, 1.54) is 5.56 Å². The number of ketones is 1. The first-order valence-corrected chi connectivity index (χ1v) is 6.28. The van der Waals surface area contributed by atoms with E-state index in [9.17, 15) is 4.79 Å². The Morgan fingerprint density at radius 3 is 2.58 bits per heavy atom. The molecule has 2 aliphatic rings. The number of rotatable bonds is 1. The molecule has 4 rings (SSSR count). The van der Waals surface area contributed by atoms with Gasteiger partial charge in [0.2, 0.25) is 5.78 Å². The smallest absolute Gasteiger partial charge is 0.272 e. The zero-order chi connectivity index (χ0) is 13.0.